The Morgan fingerprint density at radius 2 is 2.08 bits per heavy atom. The third kappa shape index (κ3) is 5.34. The summed E-state index contributed by atoms with van der Waals surface area (Å²) >= 11 is 0.935. The molecule has 0 saturated heterocycles. The molecule has 0 saturated carbocycles. The van der Waals surface area contributed by atoms with Crippen molar-refractivity contribution in [2.24, 2.45) is 5.10 Å². The van der Waals surface area contributed by atoms with Crippen molar-refractivity contribution < 1.29 is 19.7 Å². The second-order valence-corrected chi connectivity index (χ2v) is 5.66. The largest absolute Gasteiger partial charge is 0.324 e. The van der Waals surface area contributed by atoms with Gasteiger partial charge >= 0.3 is 5.00 Å². The van der Waals surface area contributed by atoms with Gasteiger partial charge in [-0.3, -0.25) is 24.9 Å². The van der Waals surface area contributed by atoms with Gasteiger partial charge in [-0.05, 0) is 29.8 Å². The normalized spacial score (nSPS) is 10.9. The van der Waals surface area contributed by atoms with E-state index in [9.17, 15) is 19.7 Å². The maximum absolute atomic E-state index is 12.0. The number of hydrogen-bond acceptors (Lipinski definition) is 7. The number of nitrogens with one attached hydrogen (secondary N) is 2. The van der Waals surface area contributed by atoms with Crippen molar-refractivity contribution in [1.82, 2.24) is 10.9 Å². The van der Waals surface area contributed by atoms with Crippen molar-refractivity contribution in [3.8, 4) is 0 Å². The molecule has 0 aliphatic heterocycles. The molecule has 1 heterocycles. The zero-order valence-corrected chi connectivity index (χ0v) is 13.4. The molecule has 1 aromatic carbocycles. The fraction of sp³-hybridized carbons (Fsp3) is 0. The average Bonchev–Trinajstić information content (AvgIpc) is 3.09. The number of hydroxylamine groups is 1. The number of amides is 2. The molecule has 1 aromatic heterocycles. The summed E-state index contributed by atoms with van der Waals surface area (Å²) in [5.74, 6) is -1.17. The van der Waals surface area contributed by atoms with Gasteiger partial charge in [-0.25, -0.2) is 10.9 Å². The number of nitro groups is 1. The number of hydrazone groups is 1. The summed E-state index contributed by atoms with van der Waals surface area (Å²) in [6.45, 7) is 0. The molecule has 0 unspecified atom stereocenters. The highest BCUT2D eigenvalue weighted by Crippen LogP contribution is 2.22. The molecular weight excluding hydrogens is 348 g/mol. The van der Waals surface area contributed by atoms with Crippen LogP contribution in [0.2, 0.25) is 0 Å². The third-order valence-corrected chi connectivity index (χ3v) is 3.81. The third-order valence-electron chi connectivity index (χ3n) is 2.84. The predicted molar refractivity (Wildman–Crippen MR) is 91.4 cm³/mol. The van der Waals surface area contributed by atoms with Crippen LogP contribution in [0.15, 0.2) is 47.6 Å². The van der Waals surface area contributed by atoms with Crippen molar-refractivity contribution in [3.63, 3.8) is 0 Å². The van der Waals surface area contributed by atoms with Crippen LogP contribution in [-0.2, 0) is 4.79 Å². The van der Waals surface area contributed by atoms with Gasteiger partial charge in [0.1, 0.15) is 0 Å². The van der Waals surface area contributed by atoms with Gasteiger partial charge in [0.2, 0.25) is 0 Å². The van der Waals surface area contributed by atoms with Crippen LogP contribution in [0.4, 0.5) is 5.00 Å². The van der Waals surface area contributed by atoms with Gasteiger partial charge in [-0.1, -0.05) is 23.5 Å². The zero-order valence-electron chi connectivity index (χ0n) is 12.6. The Bertz CT molecular complexity index is 859. The minimum Gasteiger partial charge on any atom is -0.288 e. The highest BCUT2D eigenvalue weighted by molar-refractivity contribution is 7.16. The van der Waals surface area contributed by atoms with E-state index in [2.05, 4.69) is 10.5 Å². The van der Waals surface area contributed by atoms with Crippen molar-refractivity contribution in [1.29, 1.82) is 0 Å². The molecule has 0 spiro atoms. The average molecular weight is 360 g/mol. The van der Waals surface area contributed by atoms with E-state index in [1.165, 1.54) is 36.0 Å². The molecule has 10 heteroatoms. The van der Waals surface area contributed by atoms with Crippen LogP contribution in [0.3, 0.4) is 0 Å². The first-order chi connectivity index (χ1) is 12.0. The molecule has 0 aliphatic rings. The second-order valence-electron chi connectivity index (χ2n) is 4.57. The standard InChI is InChI=1S/C15H12N4O5S/c20-13(18-22)6-4-10-2-1-3-11(8-10)15(21)17-16-9-12-5-7-14(25-12)19(23)24/h1-9,22H,(H,17,21)(H,18,20)/b6-4+,16-9+. The van der Waals surface area contributed by atoms with Gasteiger partial charge in [0.15, 0.2) is 0 Å². The number of rotatable bonds is 6. The molecule has 0 radical (unpaired) electrons. The maximum Gasteiger partial charge on any atom is 0.324 e. The molecule has 0 aliphatic carbocycles. The smallest absolute Gasteiger partial charge is 0.288 e. The number of thiophene rings is 1. The molecule has 0 bridgehead atoms. The van der Waals surface area contributed by atoms with Crippen LogP contribution >= 0.6 is 11.3 Å². The first-order valence-corrected chi connectivity index (χ1v) is 7.61. The lowest BCUT2D eigenvalue weighted by Gasteiger charge is -2.01. The second kappa shape index (κ2) is 8.47. The van der Waals surface area contributed by atoms with Crippen molar-refractivity contribution in [2.45, 2.75) is 0 Å². The molecule has 2 rings (SSSR count). The number of hydrogen-bond donors (Lipinski definition) is 3. The van der Waals surface area contributed by atoms with Crippen LogP contribution in [0.5, 0.6) is 0 Å². The van der Waals surface area contributed by atoms with Crippen molar-refractivity contribution in [2.75, 3.05) is 0 Å². The summed E-state index contributed by atoms with van der Waals surface area (Å²) in [6, 6.07) is 9.26. The van der Waals surface area contributed by atoms with E-state index in [0.29, 0.717) is 16.0 Å². The van der Waals surface area contributed by atoms with E-state index in [4.69, 9.17) is 5.21 Å². The van der Waals surface area contributed by atoms with Gasteiger partial charge < -0.3 is 0 Å². The van der Waals surface area contributed by atoms with Gasteiger partial charge in [0.05, 0.1) is 16.0 Å². The number of benzene rings is 1. The Morgan fingerprint density at radius 3 is 2.76 bits per heavy atom. The van der Waals surface area contributed by atoms with Gasteiger partial charge in [-0.15, -0.1) is 0 Å². The first-order valence-electron chi connectivity index (χ1n) is 6.79. The Labute approximate surface area is 145 Å². The number of carbonyl (C=O) groups excluding carboxylic acids is 2. The summed E-state index contributed by atoms with van der Waals surface area (Å²) in [4.78, 5) is 33.6. The van der Waals surface area contributed by atoms with Crippen LogP contribution in [-0.4, -0.2) is 28.2 Å². The number of carbonyl (C=O) groups is 2. The molecular formula is C15H12N4O5S. The molecule has 9 nitrogen and oxygen atoms in total. The molecule has 128 valence electrons. The lowest BCUT2D eigenvalue weighted by atomic mass is 10.1. The molecule has 25 heavy (non-hydrogen) atoms. The van der Waals surface area contributed by atoms with E-state index in [1.54, 1.807) is 18.2 Å². The molecule has 3 N–H and O–H groups in total. The van der Waals surface area contributed by atoms with E-state index >= 15 is 0 Å². The van der Waals surface area contributed by atoms with E-state index < -0.39 is 16.7 Å². The summed E-state index contributed by atoms with van der Waals surface area (Å²) in [5.41, 5.74) is 4.66. The van der Waals surface area contributed by atoms with Crippen LogP contribution in [0.1, 0.15) is 20.8 Å². The Morgan fingerprint density at radius 1 is 1.28 bits per heavy atom. The maximum atomic E-state index is 12.0. The van der Waals surface area contributed by atoms with Gasteiger partial charge in [0.25, 0.3) is 11.8 Å². The highest BCUT2D eigenvalue weighted by Gasteiger charge is 2.08. The lowest BCUT2D eigenvalue weighted by molar-refractivity contribution is -0.380. The predicted octanol–water partition coefficient (Wildman–Crippen LogP) is 1.94. The fourth-order valence-corrected chi connectivity index (χ4v) is 2.42. The lowest BCUT2D eigenvalue weighted by Crippen LogP contribution is -2.17. The quantitative estimate of drug-likeness (QED) is 0.238. The number of nitrogens with zero attached hydrogens (tertiary/aromatic N) is 2. The van der Waals surface area contributed by atoms with Gasteiger partial charge in [0, 0.05) is 17.7 Å². The highest BCUT2D eigenvalue weighted by atomic mass is 32.1. The summed E-state index contributed by atoms with van der Waals surface area (Å²) in [6.07, 6.45) is 3.85. The van der Waals surface area contributed by atoms with Crippen LogP contribution < -0.4 is 10.9 Å². The molecule has 2 amide bonds. The minimum atomic E-state index is -0.690. The molecule has 0 atom stereocenters. The first kappa shape index (κ1) is 18.0. The van der Waals surface area contributed by atoms with E-state index in [0.717, 1.165) is 17.4 Å². The summed E-state index contributed by atoms with van der Waals surface area (Å²) < 4.78 is 0. The Balaban J connectivity index is 2.00. The summed E-state index contributed by atoms with van der Waals surface area (Å²) in [5, 5.41) is 22.7. The van der Waals surface area contributed by atoms with Crippen molar-refractivity contribution >= 4 is 40.4 Å². The Kier molecular flexibility index (Phi) is 6.09. The molecule has 0 fully saturated rings. The zero-order chi connectivity index (χ0) is 18.2. The summed E-state index contributed by atoms with van der Waals surface area (Å²) in [7, 11) is 0. The minimum absolute atomic E-state index is 0.0146. The van der Waals surface area contributed by atoms with Gasteiger partial charge in [-0.2, -0.15) is 5.10 Å². The van der Waals surface area contributed by atoms with Crippen LogP contribution in [0, 0.1) is 10.1 Å². The topological polar surface area (TPSA) is 134 Å². The Hall–Kier alpha value is -3.37. The van der Waals surface area contributed by atoms with E-state index in [-0.39, 0.29) is 5.00 Å². The fourth-order valence-electron chi connectivity index (χ4n) is 1.72. The van der Waals surface area contributed by atoms with Crippen LogP contribution in [0.25, 0.3) is 6.08 Å². The van der Waals surface area contributed by atoms with E-state index in [1.807, 2.05) is 0 Å². The SMILES string of the molecule is O=C(/C=C/c1cccc(C(=O)N/N=C/c2ccc([N+](=O)[O-])s2)c1)NO. The monoisotopic (exact) mass is 360 g/mol. The van der Waals surface area contributed by atoms with Crippen molar-refractivity contribution in [3.05, 3.63) is 68.6 Å². The molecule has 2 aromatic rings.